The van der Waals surface area contributed by atoms with Gasteiger partial charge < -0.3 is 4.74 Å². The largest absolute Gasteiger partial charge is 0.463 e. The van der Waals surface area contributed by atoms with Gasteiger partial charge >= 0.3 is 5.97 Å². The molecule has 0 bridgehead atoms. The highest BCUT2D eigenvalue weighted by molar-refractivity contribution is 5.81. The second-order valence-corrected chi connectivity index (χ2v) is 3.97. The molecule has 0 heterocycles. The lowest BCUT2D eigenvalue weighted by molar-refractivity contribution is -0.137. The first-order valence-corrected chi connectivity index (χ1v) is 5.94. The summed E-state index contributed by atoms with van der Waals surface area (Å²) in [5.41, 5.74) is 1.51. The van der Waals surface area contributed by atoms with Crippen LogP contribution in [0.1, 0.15) is 32.6 Å². The maximum atomic E-state index is 10.8. The number of esters is 1. The summed E-state index contributed by atoms with van der Waals surface area (Å²) in [5.74, 6) is 0.309. The van der Waals surface area contributed by atoms with Gasteiger partial charge in [0.15, 0.2) is 0 Å². The Labute approximate surface area is 97.7 Å². The molecule has 1 rings (SSSR count). The summed E-state index contributed by atoms with van der Waals surface area (Å²) in [6.45, 7) is 6.06. The Hall–Kier alpha value is -1.31. The Morgan fingerprint density at radius 2 is 2.38 bits per heavy atom. The zero-order valence-electron chi connectivity index (χ0n) is 9.95. The van der Waals surface area contributed by atoms with Crippen LogP contribution in [-0.4, -0.2) is 12.6 Å². The summed E-state index contributed by atoms with van der Waals surface area (Å²) < 4.78 is 4.92. The van der Waals surface area contributed by atoms with E-state index in [1.807, 2.05) is 0 Å². The van der Waals surface area contributed by atoms with E-state index in [9.17, 15) is 4.79 Å². The molecule has 0 aromatic rings. The number of rotatable bonds is 7. The molecule has 1 aliphatic carbocycles. The zero-order chi connectivity index (χ0) is 11.8. The molecule has 0 saturated carbocycles. The monoisotopic (exact) mass is 220 g/mol. The van der Waals surface area contributed by atoms with Crippen LogP contribution >= 0.6 is 0 Å². The summed E-state index contributed by atoms with van der Waals surface area (Å²) in [6, 6.07) is 0. The van der Waals surface area contributed by atoms with Crippen molar-refractivity contribution in [3.63, 3.8) is 0 Å². The molecule has 0 N–H and O–H groups in total. The van der Waals surface area contributed by atoms with Gasteiger partial charge in [-0.1, -0.05) is 37.3 Å². The van der Waals surface area contributed by atoms with Gasteiger partial charge in [-0.3, -0.25) is 0 Å². The molecule has 2 heteroatoms. The number of carbonyl (C=O) groups is 1. The number of unbranched alkanes of at least 4 members (excludes halogenated alkanes) is 1. The van der Waals surface area contributed by atoms with Crippen molar-refractivity contribution in [2.24, 2.45) is 5.92 Å². The molecule has 1 unspecified atom stereocenters. The summed E-state index contributed by atoms with van der Waals surface area (Å²) in [4.78, 5) is 10.8. The SMILES string of the molecule is C=CC(=O)OCCCCC1=CC=CC1CC. The Morgan fingerprint density at radius 1 is 1.56 bits per heavy atom. The smallest absolute Gasteiger partial charge is 0.330 e. The molecule has 1 atom stereocenters. The lowest BCUT2D eigenvalue weighted by Crippen LogP contribution is -2.02. The minimum Gasteiger partial charge on any atom is -0.463 e. The molecule has 0 spiro atoms. The first-order chi connectivity index (χ1) is 7.77. The number of carbonyl (C=O) groups excluding carboxylic acids is 1. The zero-order valence-corrected chi connectivity index (χ0v) is 9.95. The average Bonchev–Trinajstić information content (AvgIpc) is 2.75. The molecular weight excluding hydrogens is 200 g/mol. The van der Waals surface area contributed by atoms with E-state index >= 15 is 0 Å². The molecule has 2 nitrogen and oxygen atoms in total. The molecule has 0 aliphatic heterocycles. The van der Waals surface area contributed by atoms with E-state index < -0.39 is 0 Å². The summed E-state index contributed by atoms with van der Waals surface area (Å²) in [7, 11) is 0. The summed E-state index contributed by atoms with van der Waals surface area (Å²) in [5, 5.41) is 0. The molecular formula is C14H20O2. The Morgan fingerprint density at radius 3 is 3.06 bits per heavy atom. The van der Waals surface area contributed by atoms with Crippen LogP contribution in [0, 0.1) is 5.92 Å². The molecule has 88 valence electrons. The molecule has 1 aliphatic rings. The first-order valence-electron chi connectivity index (χ1n) is 5.94. The van der Waals surface area contributed by atoms with Gasteiger partial charge in [-0.05, 0) is 31.6 Å². The van der Waals surface area contributed by atoms with E-state index in [4.69, 9.17) is 4.74 Å². The fourth-order valence-electron chi connectivity index (χ4n) is 1.89. The van der Waals surface area contributed by atoms with Gasteiger partial charge in [0.05, 0.1) is 6.61 Å². The normalized spacial score (nSPS) is 18.3. The number of hydrogen-bond acceptors (Lipinski definition) is 2. The van der Waals surface area contributed by atoms with Crippen molar-refractivity contribution in [1.29, 1.82) is 0 Å². The lowest BCUT2D eigenvalue weighted by atomic mass is 9.95. The van der Waals surface area contributed by atoms with Gasteiger partial charge in [-0.2, -0.15) is 0 Å². The van der Waals surface area contributed by atoms with Crippen LogP contribution < -0.4 is 0 Å². The van der Waals surface area contributed by atoms with Gasteiger partial charge in [0.2, 0.25) is 0 Å². The maximum Gasteiger partial charge on any atom is 0.330 e. The van der Waals surface area contributed by atoms with Crippen LogP contribution in [0.3, 0.4) is 0 Å². The molecule has 0 amide bonds. The van der Waals surface area contributed by atoms with Crippen molar-refractivity contribution in [2.45, 2.75) is 32.6 Å². The van der Waals surface area contributed by atoms with Gasteiger partial charge in [0.1, 0.15) is 0 Å². The number of hydrogen-bond donors (Lipinski definition) is 0. The molecule has 0 aromatic heterocycles. The minimum absolute atomic E-state index is 0.326. The summed E-state index contributed by atoms with van der Waals surface area (Å²) >= 11 is 0. The standard InChI is InChI=1S/C14H20O2/c1-3-12-9-7-10-13(12)8-5-6-11-16-14(15)4-2/h4,7,9-10,12H,2-3,5-6,8,11H2,1H3. The van der Waals surface area contributed by atoms with Crippen molar-refractivity contribution in [2.75, 3.05) is 6.61 Å². The van der Waals surface area contributed by atoms with Crippen LogP contribution in [0.2, 0.25) is 0 Å². The topological polar surface area (TPSA) is 26.3 Å². The molecule has 0 saturated heterocycles. The van der Waals surface area contributed by atoms with Crippen LogP contribution in [-0.2, 0) is 9.53 Å². The van der Waals surface area contributed by atoms with E-state index in [0.29, 0.717) is 12.5 Å². The van der Waals surface area contributed by atoms with Crippen LogP contribution in [0.15, 0.2) is 36.5 Å². The van der Waals surface area contributed by atoms with E-state index in [-0.39, 0.29) is 5.97 Å². The van der Waals surface area contributed by atoms with Gasteiger partial charge in [-0.15, -0.1) is 0 Å². The number of ether oxygens (including phenoxy) is 1. The lowest BCUT2D eigenvalue weighted by Gasteiger charge is -2.11. The van der Waals surface area contributed by atoms with E-state index in [1.54, 1.807) is 0 Å². The predicted molar refractivity (Wildman–Crippen MR) is 66.0 cm³/mol. The first kappa shape index (κ1) is 12.8. The average molecular weight is 220 g/mol. The second-order valence-electron chi connectivity index (χ2n) is 3.97. The fourth-order valence-corrected chi connectivity index (χ4v) is 1.89. The quantitative estimate of drug-likeness (QED) is 0.373. The third-order valence-electron chi connectivity index (χ3n) is 2.84. The van der Waals surface area contributed by atoms with Crippen molar-refractivity contribution >= 4 is 5.97 Å². The predicted octanol–water partition coefficient (Wildman–Crippen LogP) is 3.41. The van der Waals surface area contributed by atoms with Crippen LogP contribution in [0.25, 0.3) is 0 Å². The van der Waals surface area contributed by atoms with Crippen molar-refractivity contribution in [3.8, 4) is 0 Å². The molecule has 0 aromatic carbocycles. The van der Waals surface area contributed by atoms with Crippen molar-refractivity contribution in [3.05, 3.63) is 36.5 Å². The molecule has 16 heavy (non-hydrogen) atoms. The highest BCUT2D eigenvalue weighted by atomic mass is 16.5. The Balaban J connectivity index is 2.08. The fraction of sp³-hybridized carbons (Fsp3) is 0.500. The van der Waals surface area contributed by atoms with Gasteiger partial charge in [0, 0.05) is 6.08 Å². The molecule has 0 fully saturated rings. The third kappa shape index (κ3) is 4.05. The van der Waals surface area contributed by atoms with Crippen molar-refractivity contribution < 1.29 is 9.53 Å². The van der Waals surface area contributed by atoms with E-state index in [1.165, 1.54) is 18.1 Å². The second kappa shape index (κ2) is 7.04. The van der Waals surface area contributed by atoms with E-state index in [0.717, 1.165) is 19.3 Å². The maximum absolute atomic E-state index is 10.8. The van der Waals surface area contributed by atoms with Crippen LogP contribution in [0.4, 0.5) is 0 Å². The van der Waals surface area contributed by atoms with Gasteiger partial charge in [0.25, 0.3) is 0 Å². The highest BCUT2D eigenvalue weighted by Crippen LogP contribution is 2.26. The minimum atomic E-state index is -0.326. The van der Waals surface area contributed by atoms with Crippen molar-refractivity contribution in [1.82, 2.24) is 0 Å². The Kier molecular flexibility index (Phi) is 5.62. The number of allylic oxidation sites excluding steroid dienone is 4. The Bertz CT molecular complexity index is 300. The molecule has 0 radical (unpaired) electrons. The van der Waals surface area contributed by atoms with E-state index in [2.05, 4.69) is 31.7 Å². The van der Waals surface area contributed by atoms with Crippen LogP contribution in [0.5, 0.6) is 0 Å². The summed E-state index contributed by atoms with van der Waals surface area (Å²) in [6.07, 6.45) is 12.1. The van der Waals surface area contributed by atoms with Gasteiger partial charge in [-0.25, -0.2) is 4.79 Å². The highest BCUT2D eigenvalue weighted by Gasteiger charge is 2.11. The third-order valence-corrected chi connectivity index (χ3v) is 2.84.